The third-order valence-electron chi connectivity index (χ3n) is 15.1. The SMILES string of the molecule is COc1ccc(S(=O)(=O)N(C[C@H](OC(=O)N[C@@H](Cc2ccccc2)[C@@H](O)CN(OC2CCCCC2)S(=O)(=O)c2ccc(OC)cc2)[C@H](Cc2ccccc2)N(C(=O)O[C@H]2CO[C@H]3OCC[C@H]32)C(C)(C)C)OC2CCCCC2)cc1. The van der Waals surface area contributed by atoms with Crippen LogP contribution in [0.2, 0.25) is 0 Å². The summed E-state index contributed by atoms with van der Waals surface area (Å²) < 4.78 is 96.3. The molecular weight excluding hydrogens is 1060 g/mol. The molecule has 0 radical (unpaired) electrons. The maximum Gasteiger partial charge on any atom is 0.410 e. The van der Waals surface area contributed by atoms with Crippen molar-refractivity contribution >= 4 is 32.2 Å². The van der Waals surface area contributed by atoms with Crippen LogP contribution in [0.5, 0.6) is 11.5 Å². The Kier molecular flexibility index (Phi) is 20.7. The number of methoxy groups -OCH3 is 2. The van der Waals surface area contributed by atoms with Gasteiger partial charge in [0, 0.05) is 5.54 Å². The minimum Gasteiger partial charge on any atom is -0.497 e. The molecule has 4 aromatic rings. The van der Waals surface area contributed by atoms with Gasteiger partial charge in [0.2, 0.25) is 0 Å². The van der Waals surface area contributed by atoms with Crippen molar-refractivity contribution < 1.29 is 69.6 Å². The molecule has 2 amide bonds. The van der Waals surface area contributed by atoms with Crippen LogP contribution >= 0.6 is 0 Å². The van der Waals surface area contributed by atoms with Crippen LogP contribution in [0.25, 0.3) is 0 Å². The average molecular weight is 1140 g/mol. The molecule has 19 nitrogen and oxygen atoms in total. The van der Waals surface area contributed by atoms with Crippen molar-refractivity contribution in [2.75, 3.05) is 40.5 Å². The smallest absolute Gasteiger partial charge is 0.410 e. The standard InChI is InChI=1S/C58H78N4O15S2/c1-58(2,3)62(57(65)75-54-40-73-55-49(54)34-35-72-55)51(37-42-20-12-7-13-21-42)53(39-61(77-46-24-16-9-17-25-46)79(68,69)48-32-28-44(71-5)29-33-48)74-56(64)59-50(36-41-18-10-6-11-19-41)52(63)38-60(76-45-22-14-8-15-23-45)78(66,67)47-30-26-43(70-4)27-31-47/h6-7,10-13,18-21,26-33,45-46,49-55,63H,8-9,14-17,22-25,34-40H2,1-5H3,(H,59,64)/t49-,50-,51-,52-,53-,54-,55+/m0/s1. The van der Waals surface area contributed by atoms with Crippen LogP contribution in [0.1, 0.15) is 103 Å². The fraction of sp³-hybridized carbons (Fsp3) is 0.552. The number of aliphatic hydroxyl groups is 1. The van der Waals surface area contributed by atoms with E-state index in [0.717, 1.165) is 53.0 Å². The number of ether oxygens (including phenoxy) is 6. The second kappa shape index (κ2) is 27.4. The summed E-state index contributed by atoms with van der Waals surface area (Å²) in [7, 11) is -6.04. The van der Waals surface area contributed by atoms with Gasteiger partial charge in [-0.15, -0.1) is 0 Å². The topological polar surface area (TPSA) is 218 Å². The number of benzene rings is 4. The third-order valence-corrected chi connectivity index (χ3v) is 18.4. The molecule has 2 N–H and O–H groups in total. The van der Waals surface area contributed by atoms with Gasteiger partial charge in [-0.1, -0.05) is 108 Å². The van der Waals surface area contributed by atoms with Crippen molar-refractivity contribution in [3.8, 4) is 11.5 Å². The summed E-state index contributed by atoms with van der Waals surface area (Å²) in [6, 6.07) is 27.6. The van der Waals surface area contributed by atoms with Crippen LogP contribution in [-0.2, 0) is 61.5 Å². The molecule has 7 atom stereocenters. The first kappa shape index (κ1) is 59.8. The number of hydrogen-bond donors (Lipinski definition) is 2. The van der Waals surface area contributed by atoms with Crippen LogP contribution in [-0.4, -0.2) is 143 Å². The van der Waals surface area contributed by atoms with Gasteiger partial charge in [-0.3, -0.25) is 14.6 Å². The first-order chi connectivity index (χ1) is 37.9. The zero-order chi connectivity index (χ0) is 56.2. The lowest BCUT2D eigenvalue weighted by Gasteiger charge is -2.45. The number of alkyl carbamates (subject to hydrolysis) is 1. The monoisotopic (exact) mass is 1130 g/mol. The number of nitrogens with zero attached hydrogens (tertiary/aromatic N) is 3. The van der Waals surface area contributed by atoms with Crippen molar-refractivity contribution in [3.05, 3.63) is 120 Å². The van der Waals surface area contributed by atoms with Crippen molar-refractivity contribution in [1.29, 1.82) is 0 Å². The molecule has 0 bridgehead atoms. The Balaban J connectivity index is 1.19. The van der Waals surface area contributed by atoms with Crippen LogP contribution in [0, 0.1) is 5.92 Å². The number of rotatable bonds is 24. The molecule has 4 aromatic carbocycles. The Labute approximate surface area is 465 Å². The fourth-order valence-electron chi connectivity index (χ4n) is 10.8. The summed E-state index contributed by atoms with van der Waals surface area (Å²) in [6.45, 7) is 4.76. The molecule has 2 saturated carbocycles. The number of aliphatic hydroxyl groups excluding tert-OH is 1. The highest BCUT2D eigenvalue weighted by molar-refractivity contribution is 7.89. The van der Waals surface area contributed by atoms with Gasteiger partial charge in [0.1, 0.15) is 23.7 Å². The molecule has 0 spiro atoms. The largest absolute Gasteiger partial charge is 0.497 e. The maximum atomic E-state index is 15.2. The minimum atomic E-state index is -4.56. The van der Waals surface area contributed by atoms with E-state index in [9.17, 15) is 13.5 Å². The Bertz CT molecular complexity index is 2780. The Morgan fingerprint density at radius 2 is 1.15 bits per heavy atom. The van der Waals surface area contributed by atoms with Gasteiger partial charge in [-0.05, 0) is 125 Å². The lowest BCUT2D eigenvalue weighted by molar-refractivity contribution is -0.161. The van der Waals surface area contributed by atoms with E-state index >= 15 is 18.0 Å². The van der Waals surface area contributed by atoms with Gasteiger partial charge in [-0.2, -0.15) is 0 Å². The Morgan fingerprint density at radius 1 is 0.658 bits per heavy atom. The minimum absolute atomic E-state index is 0.00634. The quantitative estimate of drug-likeness (QED) is 0.0628. The number of hydroxylamine groups is 2. The summed E-state index contributed by atoms with van der Waals surface area (Å²) in [5, 5.41) is 15.3. The molecule has 2 aliphatic heterocycles. The lowest BCUT2D eigenvalue weighted by atomic mass is 9.94. The molecule has 0 aromatic heterocycles. The van der Waals surface area contributed by atoms with E-state index in [4.69, 9.17) is 38.1 Å². The summed E-state index contributed by atoms with van der Waals surface area (Å²) >= 11 is 0. The number of fused-ring (bicyclic) bond motifs is 1. The highest BCUT2D eigenvalue weighted by Gasteiger charge is 2.48. The maximum absolute atomic E-state index is 15.2. The number of carbonyl (C=O) groups excluding carboxylic acids is 2. The molecule has 2 saturated heterocycles. The number of nitrogens with one attached hydrogen (secondary N) is 1. The third kappa shape index (κ3) is 15.8. The van der Waals surface area contributed by atoms with Gasteiger partial charge in [0.15, 0.2) is 6.29 Å². The summed E-state index contributed by atoms with van der Waals surface area (Å²) in [5.41, 5.74) is 0.351. The van der Waals surface area contributed by atoms with E-state index in [0.29, 0.717) is 55.8 Å². The van der Waals surface area contributed by atoms with Crippen molar-refractivity contribution in [1.82, 2.24) is 19.2 Å². The van der Waals surface area contributed by atoms with E-state index in [1.807, 2.05) is 69.3 Å². The molecular formula is C58H78N4O15S2. The average Bonchev–Trinajstić information content (AvgIpc) is 4.20. The van der Waals surface area contributed by atoms with Gasteiger partial charge in [0.25, 0.3) is 20.0 Å². The van der Waals surface area contributed by atoms with E-state index in [1.54, 1.807) is 12.1 Å². The summed E-state index contributed by atoms with van der Waals surface area (Å²) in [4.78, 5) is 44.5. The molecule has 4 fully saturated rings. The molecule has 79 heavy (non-hydrogen) atoms. The van der Waals surface area contributed by atoms with Crippen molar-refractivity contribution in [3.63, 3.8) is 0 Å². The predicted octanol–water partition coefficient (Wildman–Crippen LogP) is 8.59. The highest BCUT2D eigenvalue weighted by Crippen LogP contribution is 2.36. The van der Waals surface area contributed by atoms with E-state index in [2.05, 4.69) is 5.32 Å². The molecule has 2 aliphatic carbocycles. The molecule has 0 unspecified atom stereocenters. The van der Waals surface area contributed by atoms with Crippen molar-refractivity contribution in [2.24, 2.45) is 5.92 Å². The first-order valence-electron chi connectivity index (χ1n) is 27.6. The van der Waals surface area contributed by atoms with Crippen molar-refractivity contribution in [2.45, 2.75) is 168 Å². The molecule has 432 valence electrons. The number of carbonyl (C=O) groups is 2. The summed E-state index contributed by atoms with van der Waals surface area (Å²) in [5.74, 6) is 0.656. The van der Waals surface area contributed by atoms with E-state index < -0.39 is 99.8 Å². The molecule has 8 rings (SSSR count). The molecule has 4 aliphatic rings. The predicted molar refractivity (Wildman–Crippen MR) is 293 cm³/mol. The fourth-order valence-corrected chi connectivity index (χ4v) is 13.4. The normalized spacial score (nSPS) is 20.9. The zero-order valence-electron chi connectivity index (χ0n) is 45.9. The van der Waals surface area contributed by atoms with E-state index in [1.165, 1.54) is 67.7 Å². The van der Waals surface area contributed by atoms with Crippen LogP contribution in [0.15, 0.2) is 119 Å². The Hall–Kier alpha value is -5.36. The highest BCUT2D eigenvalue weighted by atomic mass is 32.2. The molecule has 21 heteroatoms. The number of hydrogen-bond acceptors (Lipinski definition) is 15. The van der Waals surface area contributed by atoms with Crippen LogP contribution < -0.4 is 14.8 Å². The number of sulfonamides is 2. The number of amides is 2. The van der Waals surface area contributed by atoms with Gasteiger partial charge in [-0.25, -0.2) is 26.4 Å². The van der Waals surface area contributed by atoms with Crippen LogP contribution in [0.4, 0.5) is 9.59 Å². The van der Waals surface area contributed by atoms with E-state index in [-0.39, 0.29) is 35.2 Å². The van der Waals surface area contributed by atoms with Gasteiger partial charge < -0.3 is 38.8 Å². The van der Waals surface area contributed by atoms with Gasteiger partial charge >= 0.3 is 12.2 Å². The second-order valence-electron chi connectivity index (χ2n) is 21.8. The molecule has 2 heterocycles. The Morgan fingerprint density at radius 3 is 1.65 bits per heavy atom. The summed E-state index contributed by atoms with van der Waals surface area (Å²) in [6.07, 6.45) is 1.02. The second-order valence-corrected chi connectivity index (χ2v) is 25.4. The zero-order valence-corrected chi connectivity index (χ0v) is 47.6. The van der Waals surface area contributed by atoms with Gasteiger partial charge in [0.05, 0.1) is 86.6 Å². The lowest BCUT2D eigenvalue weighted by Crippen LogP contribution is -2.61. The van der Waals surface area contributed by atoms with Crippen LogP contribution in [0.3, 0.4) is 0 Å². The first-order valence-corrected chi connectivity index (χ1v) is 30.4.